The Morgan fingerprint density at radius 3 is 2.48 bits per heavy atom. The van der Waals surface area contributed by atoms with Crippen molar-refractivity contribution in [3.05, 3.63) is 89.0 Å². The number of thiazole rings is 1. The van der Waals surface area contributed by atoms with Crippen LogP contribution in [0.2, 0.25) is 0 Å². The van der Waals surface area contributed by atoms with Crippen LogP contribution in [0.4, 0.5) is 9.52 Å². The fourth-order valence-electron chi connectivity index (χ4n) is 3.29. The SMILES string of the molecule is Cc1cc(C)c2sc(N(Cc3ccncc3)C(=O)Cc3ccc(F)cc3)nc2c1. The maximum atomic E-state index is 13.2. The number of hydrogen-bond donors (Lipinski definition) is 0. The normalized spacial score (nSPS) is 11.0. The van der Waals surface area contributed by atoms with Gasteiger partial charge in [-0.2, -0.15) is 0 Å². The highest BCUT2D eigenvalue weighted by molar-refractivity contribution is 7.22. The molecule has 0 bridgehead atoms. The lowest BCUT2D eigenvalue weighted by Gasteiger charge is -2.20. The van der Waals surface area contributed by atoms with Gasteiger partial charge in [0, 0.05) is 12.4 Å². The second-order valence-electron chi connectivity index (χ2n) is 7.07. The van der Waals surface area contributed by atoms with E-state index >= 15 is 0 Å². The standard InChI is InChI=1S/C23H20FN3OS/c1-15-11-16(2)22-20(12-15)26-23(29-22)27(14-18-7-9-25-10-8-18)21(28)13-17-3-5-19(24)6-4-17/h3-12H,13-14H2,1-2H3. The van der Waals surface area contributed by atoms with Crippen molar-refractivity contribution in [2.45, 2.75) is 26.8 Å². The van der Waals surface area contributed by atoms with E-state index in [4.69, 9.17) is 4.98 Å². The van der Waals surface area contributed by atoms with Gasteiger partial charge in [0.1, 0.15) is 5.82 Å². The first-order valence-corrected chi connectivity index (χ1v) is 10.1. The molecule has 0 aliphatic rings. The predicted octanol–water partition coefficient (Wildman–Crippen LogP) is 5.22. The Bertz CT molecular complexity index is 1160. The van der Waals surface area contributed by atoms with Gasteiger partial charge in [-0.05, 0) is 66.4 Å². The second-order valence-corrected chi connectivity index (χ2v) is 8.04. The maximum Gasteiger partial charge on any atom is 0.233 e. The van der Waals surface area contributed by atoms with Crippen molar-refractivity contribution < 1.29 is 9.18 Å². The molecule has 0 atom stereocenters. The van der Waals surface area contributed by atoms with Crippen LogP contribution in [0.15, 0.2) is 60.9 Å². The number of aromatic nitrogens is 2. The Morgan fingerprint density at radius 1 is 1.03 bits per heavy atom. The van der Waals surface area contributed by atoms with Gasteiger partial charge in [0.15, 0.2) is 5.13 Å². The molecule has 4 aromatic rings. The zero-order valence-corrected chi connectivity index (χ0v) is 17.0. The fraction of sp³-hybridized carbons (Fsp3) is 0.174. The van der Waals surface area contributed by atoms with Crippen molar-refractivity contribution in [2.75, 3.05) is 4.90 Å². The number of nitrogens with zero attached hydrogens (tertiary/aromatic N) is 3. The third-order valence-electron chi connectivity index (χ3n) is 4.70. The van der Waals surface area contributed by atoms with E-state index in [-0.39, 0.29) is 18.1 Å². The highest BCUT2D eigenvalue weighted by atomic mass is 32.1. The van der Waals surface area contributed by atoms with E-state index in [0.29, 0.717) is 11.7 Å². The minimum Gasteiger partial charge on any atom is -0.283 e. The summed E-state index contributed by atoms with van der Waals surface area (Å²) in [6.07, 6.45) is 3.60. The number of amides is 1. The molecule has 0 aliphatic heterocycles. The monoisotopic (exact) mass is 405 g/mol. The van der Waals surface area contributed by atoms with E-state index < -0.39 is 0 Å². The summed E-state index contributed by atoms with van der Waals surface area (Å²) < 4.78 is 14.3. The largest absolute Gasteiger partial charge is 0.283 e. The summed E-state index contributed by atoms with van der Waals surface area (Å²) in [5.41, 5.74) is 4.93. The van der Waals surface area contributed by atoms with Crippen LogP contribution in [0.1, 0.15) is 22.3 Å². The molecule has 4 nitrogen and oxygen atoms in total. The van der Waals surface area contributed by atoms with Gasteiger partial charge in [0.2, 0.25) is 5.91 Å². The smallest absolute Gasteiger partial charge is 0.233 e. The average molecular weight is 405 g/mol. The summed E-state index contributed by atoms with van der Waals surface area (Å²) >= 11 is 1.52. The molecule has 0 saturated carbocycles. The number of aryl methyl sites for hydroxylation is 2. The maximum absolute atomic E-state index is 13.2. The molecule has 1 amide bonds. The highest BCUT2D eigenvalue weighted by Gasteiger charge is 2.21. The molecule has 0 unspecified atom stereocenters. The lowest BCUT2D eigenvalue weighted by molar-refractivity contribution is -0.118. The quantitative estimate of drug-likeness (QED) is 0.457. The Labute approximate surface area is 172 Å². The van der Waals surface area contributed by atoms with Gasteiger partial charge in [-0.1, -0.05) is 29.5 Å². The van der Waals surface area contributed by atoms with Crippen LogP contribution in [0.3, 0.4) is 0 Å². The molecule has 29 heavy (non-hydrogen) atoms. The van der Waals surface area contributed by atoms with Crippen molar-refractivity contribution in [3.8, 4) is 0 Å². The molecule has 146 valence electrons. The number of hydrogen-bond acceptors (Lipinski definition) is 4. The van der Waals surface area contributed by atoms with Crippen molar-refractivity contribution >= 4 is 32.6 Å². The average Bonchev–Trinajstić information content (AvgIpc) is 3.12. The summed E-state index contributed by atoms with van der Waals surface area (Å²) in [6.45, 7) is 4.51. The summed E-state index contributed by atoms with van der Waals surface area (Å²) in [7, 11) is 0. The zero-order chi connectivity index (χ0) is 20.4. The van der Waals surface area contributed by atoms with Gasteiger partial charge in [0.25, 0.3) is 0 Å². The second kappa shape index (κ2) is 8.09. The Kier molecular flexibility index (Phi) is 5.36. The molecule has 4 rings (SSSR count). The molecule has 6 heteroatoms. The van der Waals surface area contributed by atoms with E-state index in [0.717, 1.165) is 32.5 Å². The minimum atomic E-state index is -0.313. The van der Waals surface area contributed by atoms with Crippen LogP contribution < -0.4 is 4.90 Å². The lowest BCUT2D eigenvalue weighted by atomic mass is 10.1. The van der Waals surface area contributed by atoms with Crippen molar-refractivity contribution in [2.24, 2.45) is 0 Å². The molecular formula is C23H20FN3OS. The van der Waals surface area contributed by atoms with E-state index in [9.17, 15) is 9.18 Å². The van der Waals surface area contributed by atoms with Crippen molar-refractivity contribution in [1.29, 1.82) is 0 Å². The van der Waals surface area contributed by atoms with Gasteiger partial charge in [-0.15, -0.1) is 0 Å². The van der Waals surface area contributed by atoms with Gasteiger partial charge in [-0.3, -0.25) is 14.7 Å². The van der Waals surface area contributed by atoms with Gasteiger partial charge in [0.05, 0.1) is 23.2 Å². The molecule has 0 fully saturated rings. The first-order chi connectivity index (χ1) is 14.0. The van der Waals surface area contributed by atoms with Crippen LogP contribution >= 0.6 is 11.3 Å². The molecule has 0 spiro atoms. The number of benzene rings is 2. The first-order valence-electron chi connectivity index (χ1n) is 9.31. The molecule has 2 aromatic carbocycles. The van der Waals surface area contributed by atoms with Crippen LogP contribution in [0.5, 0.6) is 0 Å². The molecule has 2 aromatic heterocycles. The Morgan fingerprint density at radius 2 is 1.76 bits per heavy atom. The summed E-state index contributed by atoms with van der Waals surface area (Å²) in [5, 5.41) is 0.664. The summed E-state index contributed by atoms with van der Waals surface area (Å²) in [5.74, 6) is -0.395. The molecule has 0 aliphatic carbocycles. The van der Waals surface area contributed by atoms with Gasteiger partial charge >= 0.3 is 0 Å². The van der Waals surface area contributed by atoms with Crippen molar-refractivity contribution in [1.82, 2.24) is 9.97 Å². The number of fused-ring (bicyclic) bond motifs is 1. The van der Waals surface area contributed by atoms with Crippen LogP contribution in [0.25, 0.3) is 10.2 Å². The van der Waals surface area contributed by atoms with Crippen LogP contribution in [0, 0.1) is 19.7 Å². The number of rotatable bonds is 5. The number of pyridine rings is 1. The first kappa shape index (κ1) is 19.2. The van der Waals surface area contributed by atoms with Gasteiger partial charge < -0.3 is 0 Å². The molecule has 0 radical (unpaired) electrons. The summed E-state index contributed by atoms with van der Waals surface area (Å²) in [6, 6.07) is 14.0. The third kappa shape index (κ3) is 4.32. The molecule has 2 heterocycles. The molecule has 0 saturated heterocycles. The van der Waals surface area contributed by atoms with Gasteiger partial charge in [-0.25, -0.2) is 9.37 Å². The van der Waals surface area contributed by atoms with E-state index in [1.807, 2.05) is 25.1 Å². The minimum absolute atomic E-state index is 0.0816. The van der Waals surface area contributed by atoms with Crippen LogP contribution in [-0.4, -0.2) is 15.9 Å². The molecule has 0 N–H and O–H groups in total. The number of anilines is 1. The third-order valence-corrected chi connectivity index (χ3v) is 5.93. The highest BCUT2D eigenvalue weighted by Crippen LogP contribution is 2.33. The molecular weight excluding hydrogens is 385 g/mol. The number of halogens is 1. The van der Waals surface area contributed by atoms with E-state index in [2.05, 4.69) is 18.0 Å². The fourth-order valence-corrected chi connectivity index (χ4v) is 4.32. The van der Waals surface area contributed by atoms with E-state index in [1.165, 1.54) is 23.5 Å². The van der Waals surface area contributed by atoms with E-state index in [1.54, 1.807) is 29.4 Å². The van der Waals surface area contributed by atoms with Crippen molar-refractivity contribution in [3.63, 3.8) is 0 Å². The predicted molar refractivity (Wildman–Crippen MR) is 115 cm³/mol. The topological polar surface area (TPSA) is 46.1 Å². The number of carbonyl (C=O) groups is 1. The van der Waals surface area contributed by atoms with Crippen LogP contribution in [-0.2, 0) is 17.8 Å². The Balaban J connectivity index is 1.70. The number of carbonyl (C=O) groups excluding carboxylic acids is 1. The zero-order valence-electron chi connectivity index (χ0n) is 16.2. The summed E-state index contributed by atoms with van der Waals surface area (Å²) in [4.78, 5) is 23.7. The lowest BCUT2D eigenvalue weighted by Crippen LogP contribution is -2.31. The Hall–Kier alpha value is -3.12.